The van der Waals surface area contributed by atoms with Crippen molar-refractivity contribution in [1.29, 1.82) is 0 Å². The van der Waals surface area contributed by atoms with Crippen molar-refractivity contribution in [3.05, 3.63) is 54.2 Å². The molecule has 0 unspecified atom stereocenters. The van der Waals surface area contributed by atoms with E-state index in [0.29, 0.717) is 18.7 Å². The molecule has 0 N–H and O–H groups in total. The van der Waals surface area contributed by atoms with Gasteiger partial charge in [-0.25, -0.2) is 4.98 Å². The molecule has 0 atom stereocenters. The summed E-state index contributed by atoms with van der Waals surface area (Å²) in [4.78, 5) is 19.4. The van der Waals surface area contributed by atoms with Crippen LogP contribution in [0, 0.1) is 0 Å². The van der Waals surface area contributed by atoms with E-state index in [0.717, 1.165) is 10.6 Å². The van der Waals surface area contributed by atoms with E-state index in [9.17, 15) is 18.0 Å². The lowest BCUT2D eigenvalue weighted by Crippen LogP contribution is -2.39. The minimum absolute atomic E-state index is 0.0700. The van der Waals surface area contributed by atoms with Crippen LogP contribution in [0.2, 0.25) is 0 Å². The predicted molar refractivity (Wildman–Crippen MR) is 95.6 cm³/mol. The van der Waals surface area contributed by atoms with Gasteiger partial charge in [-0.15, -0.1) is 0 Å². The number of nitrogens with zero attached hydrogens (tertiary/aromatic N) is 3. The fourth-order valence-corrected chi connectivity index (χ4v) is 2.50. The Bertz CT molecular complexity index is 702. The van der Waals surface area contributed by atoms with Crippen LogP contribution in [0.4, 0.5) is 24.7 Å². The van der Waals surface area contributed by atoms with Crippen LogP contribution in [-0.2, 0) is 0 Å². The zero-order valence-electron chi connectivity index (χ0n) is 14.8. The van der Waals surface area contributed by atoms with E-state index in [1.54, 1.807) is 6.07 Å². The molecule has 0 bridgehead atoms. The van der Waals surface area contributed by atoms with Crippen molar-refractivity contribution in [2.75, 3.05) is 25.0 Å². The van der Waals surface area contributed by atoms with Gasteiger partial charge in [0.15, 0.2) is 0 Å². The molecular formula is C19H22F3N3O. The lowest BCUT2D eigenvalue weighted by atomic mass is 10.2. The zero-order chi connectivity index (χ0) is 19.2. The average molecular weight is 365 g/mol. The Hall–Kier alpha value is -2.57. The van der Waals surface area contributed by atoms with E-state index in [1.165, 1.54) is 12.3 Å². The molecule has 140 valence electrons. The second-order valence-electron chi connectivity index (χ2n) is 6.00. The molecule has 4 nitrogen and oxygen atoms in total. The van der Waals surface area contributed by atoms with E-state index >= 15 is 0 Å². The number of carbonyl (C=O) groups excluding carboxylic acids is 1. The lowest BCUT2D eigenvalue weighted by molar-refractivity contribution is -0.140. The van der Waals surface area contributed by atoms with Gasteiger partial charge in [-0.1, -0.05) is 31.5 Å². The normalized spacial score (nSPS) is 11.3. The van der Waals surface area contributed by atoms with Gasteiger partial charge in [0.1, 0.15) is 12.4 Å². The number of halogens is 3. The first-order chi connectivity index (χ1) is 12.3. The molecule has 26 heavy (non-hydrogen) atoms. The van der Waals surface area contributed by atoms with Crippen LogP contribution in [0.3, 0.4) is 0 Å². The summed E-state index contributed by atoms with van der Waals surface area (Å²) >= 11 is 0. The van der Waals surface area contributed by atoms with Gasteiger partial charge in [0, 0.05) is 25.5 Å². The van der Waals surface area contributed by atoms with E-state index < -0.39 is 18.6 Å². The standard InChI is InChI=1S/C19H22F3N3O/c1-3-4-12-25(14-19(20,21)22)18(26)15-10-11-17(23-13-15)24(2)16-8-6-5-7-9-16/h5-11,13H,3-4,12,14H2,1-2H3. The summed E-state index contributed by atoms with van der Waals surface area (Å²) in [5.74, 6) is -0.0548. The number of alkyl halides is 3. The van der Waals surface area contributed by atoms with E-state index in [2.05, 4.69) is 4.98 Å². The molecule has 1 amide bonds. The summed E-state index contributed by atoms with van der Waals surface area (Å²) < 4.78 is 38.3. The van der Waals surface area contributed by atoms with Gasteiger partial charge < -0.3 is 9.80 Å². The molecule has 1 aromatic heterocycles. The monoisotopic (exact) mass is 365 g/mol. The molecule has 1 aromatic carbocycles. The Labute approximate surface area is 151 Å². The largest absolute Gasteiger partial charge is 0.406 e. The zero-order valence-corrected chi connectivity index (χ0v) is 14.8. The van der Waals surface area contributed by atoms with Crippen molar-refractivity contribution in [2.45, 2.75) is 25.9 Å². The van der Waals surface area contributed by atoms with Gasteiger partial charge in [-0.3, -0.25) is 4.79 Å². The van der Waals surface area contributed by atoms with Crippen molar-refractivity contribution >= 4 is 17.4 Å². The molecule has 2 aromatic rings. The summed E-state index contributed by atoms with van der Waals surface area (Å²) in [6, 6.07) is 12.7. The molecule has 0 saturated carbocycles. The highest BCUT2D eigenvalue weighted by Gasteiger charge is 2.33. The van der Waals surface area contributed by atoms with Crippen molar-refractivity contribution < 1.29 is 18.0 Å². The summed E-state index contributed by atoms with van der Waals surface area (Å²) in [5.41, 5.74) is 1.07. The number of anilines is 2. The first-order valence-electron chi connectivity index (χ1n) is 8.42. The molecule has 0 radical (unpaired) electrons. The topological polar surface area (TPSA) is 36.4 Å². The van der Waals surface area contributed by atoms with Crippen LogP contribution in [0.25, 0.3) is 0 Å². The number of amides is 1. The van der Waals surface area contributed by atoms with Crippen molar-refractivity contribution in [2.24, 2.45) is 0 Å². The van der Waals surface area contributed by atoms with E-state index in [4.69, 9.17) is 0 Å². The van der Waals surface area contributed by atoms with Gasteiger partial charge in [0.2, 0.25) is 0 Å². The molecule has 0 aliphatic carbocycles. The third-order valence-corrected chi connectivity index (χ3v) is 3.92. The van der Waals surface area contributed by atoms with Crippen molar-refractivity contribution in [3.8, 4) is 0 Å². The van der Waals surface area contributed by atoms with Crippen molar-refractivity contribution in [1.82, 2.24) is 9.88 Å². The first-order valence-corrected chi connectivity index (χ1v) is 8.42. The number of benzene rings is 1. The van der Waals surface area contributed by atoms with Crippen LogP contribution in [-0.4, -0.2) is 42.1 Å². The molecule has 0 aliphatic heterocycles. The molecule has 0 fully saturated rings. The van der Waals surface area contributed by atoms with Gasteiger partial charge in [0.25, 0.3) is 5.91 Å². The number of carbonyl (C=O) groups is 1. The number of aromatic nitrogens is 1. The molecule has 0 aliphatic rings. The maximum absolute atomic E-state index is 12.8. The number of rotatable bonds is 7. The minimum atomic E-state index is -4.43. The van der Waals surface area contributed by atoms with Gasteiger partial charge >= 0.3 is 6.18 Å². The van der Waals surface area contributed by atoms with E-state index in [-0.39, 0.29) is 12.1 Å². The van der Waals surface area contributed by atoms with Crippen LogP contribution < -0.4 is 4.90 Å². The molecule has 7 heteroatoms. The Kier molecular flexibility index (Phi) is 6.60. The van der Waals surface area contributed by atoms with Crippen LogP contribution in [0.15, 0.2) is 48.7 Å². The van der Waals surface area contributed by atoms with Gasteiger partial charge in [0.05, 0.1) is 5.56 Å². The maximum atomic E-state index is 12.8. The SMILES string of the molecule is CCCCN(CC(F)(F)F)C(=O)c1ccc(N(C)c2ccccc2)nc1. The van der Waals surface area contributed by atoms with E-state index in [1.807, 2.05) is 49.2 Å². The van der Waals surface area contributed by atoms with Gasteiger partial charge in [-0.2, -0.15) is 13.2 Å². The van der Waals surface area contributed by atoms with Crippen LogP contribution in [0.1, 0.15) is 30.1 Å². The first kappa shape index (κ1) is 19.8. The number of para-hydroxylation sites is 1. The highest BCUT2D eigenvalue weighted by molar-refractivity contribution is 5.94. The summed E-state index contributed by atoms with van der Waals surface area (Å²) in [6.45, 7) is 0.685. The number of unbranched alkanes of at least 4 members (excludes halogenated alkanes) is 1. The third kappa shape index (κ3) is 5.47. The number of pyridine rings is 1. The Morgan fingerprint density at radius 1 is 1.12 bits per heavy atom. The summed E-state index contributed by atoms with van der Waals surface area (Å²) in [5, 5.41) is 0. The Balaban J connectivity index is 2.15. The fourth-order valence-electron chi connectivity index (χ4n) is 2.50. The highest BCUT2D eigenvalue weighted by atomic mass is 19.4. The second-order valence-corrected chi connectivity index (χ2v) is 6.00. The molecular weight excluding hydrogens is 343 g/mol. The Morgan fingerprint density at radius 3 is 2.35 bits per heavy atom. The Morgan fingerprint density at radius 2 is 1.81 bits per heavy atom. The van der Waals surface area contributed by atoms with Crippen LogP contribution >= 0.6 is 0 Å². The lowest BCUT2D eigenvalue weighted by Gasteiger charge is -2.24. The number of hydrogen-bond donors (Lipinski definition) is 0. The van der Waals surface area contributed by atoms with Crippen molar-refractivity contribution in [3.63, 3.8) is 0 Å². The molecule has 2 rings (SSSR count). The molecule has 1 heterocycles. The second kappa shape index (κ2) is 8.69. The number of hydrogen-bond acceptors (Lipinski definition) is 3. The third-order valence-electron chi connectivity index (χ3n) is 3.92. The predicted octanol–water partition coefficient (Wildman–Crippen LogP) is 4.65. The highest BCUT2D eigenvalue weighted by Crippen LogP contribution is 2.22. The summed E-state index contributed by atoms with van der Waals surface area (Å²) in [7, 11) is 1.83. The smallest absolute Gasteiger partial charge is 0.329 e. The van der Waals surface area contributed by atoms with Crippen LogP contribution in [0.5, 0.6) is 0 Å². The maximum Gasteiger partial charge on any atom is 0.406 e. The quantitative estimate of drug-likeness (QED) is 0.716. The summed E-state index contributed by atoms with van der Waals surface area (Å²) in [6.07, 6.45) is -1.87. The minimum Gasteiger partial charge on any atom is -0.329 e. The average Bonchev–Trinajstić information content (AvgIpc) is 2.64. The van der Waals surface area contributed by atoms with Gasteiger partial charge in [-0.05, 0) is 30.7 Å². The molecule has 0 spiro atoms. The fraction of sp³-hybridized carbons (Fsp3) is 0.368. The molecule has 0 saturated heterocycles.